The largest absolute Gasteiger partial charge is 0.494 e. The molecule has 1 N–H and O–H groups in total. The second-order valence-electron chi connectivity index (χ2n) is 5.73. The lowest BCUT2D eigenvalue weighted by Crippen LogP contribution is -2.40. The summed E-state index contributed by atoms with van der Waals surface area (Å²) in [5, 5.41) is 10.2. The molecule has 0 fully saturated rings. The molecule has 0 saturated carbocycles. The second kappa shape index (κ2) is 6.74. The van der Waals surface area contributed by atoms with Crippen LogP contribution in [0.1, 0.15) is 18.9 Å². The number of rotatable bonds is 4. The molecule has 24 heavy (non-hydrogen) atoms. The van der Waals surface area contributed by atoms with Gasteiger partial charge < -0.3 is 10.0 Å². The van der Waals surface area contributed by atoms with Gasteiger partial charge in [0.15, 0.2) is 0 Å². The molecule has 0 saturated heterocycles. The molecule has 1 aromatic heterocycles. The van der Waals surface area contributed by atoms with Crippen molar-refractivity contribution >= 4 is 17.1 Å². The topological polar surface area (TPSA) is 79.8 Å². The van der Waals surface area contributed by atoms with E-state index in [0.29, 0.717) is 17.8 Å². The van der Waals surface area contributed by atoms with Crippen LogP contribution in [0.25, 0.3) is 0 Å². The molecule has 0 aliphatic carbocycles. The summed E-state index contributed by atoms with van der Waals surface area (Å²) in [6.45, 7) is 1.84. The summed E-state index contributed by atoms with van der Waals surface area (Å²) in [4.78, 5) is 30.7. The summed E-state index contributed by atoms with van der Waals surface area (Å²) in [6, 6.07) is 7.53. The van der Waals surface area contributed by atoms with Crippen molar-refractivity contribution in [1.82, 2.24) is 9.13 Å². The van der Waals surface area contributed by atoms with Crippen LogP contribution in [0.3, 0.4) is 0 Å². The van der Waals surface area contributed by atoms with Gasteiger partial charge in [0.05, 0.1) is 11.4 Å². The van der Waals surface area contributed by atoms with Gasteiger partial charge in [0.25, 0.3) is 5.56 Å². The standard InChI is InChI=1S/C17H22N4O3/c1-6-13(18-11-7-9-12(10-8-11)19(2)3)14-15(22)20(4)17(24)21(5)16(14)23/h7-10,22H,6H2,1-5H3. The Morgan fingerprint density at radius 1 is 1.12 bits per heavy atom. The number of benzene rings is 1. The zero-order valence-electron chi connectivity index (χ0n) is 14.6. The summed E-state index contributed by atoms with van der Waals surface area (Å²) in [5.74, 6) is -0.367. The van der Waals surface area contributed by atoms with Crippen LogP contribution in [-0.4, -0.2) is 34.0 Å². The highest BCUT2D eigenvalue weighted by molar-refractivity contribution is 6.03. The molecule has 0 bridgehead atoms. The number of anilines is 1. The van der Waals surface area contributed by atoms with Gasteiger partial charge in [-0.15, -0.1) is 0 Å². The van der Waals surface area contributed by atoms with Crippen LogP contribution in [0.4, 0.5) is 11.4 Å². The normalized spacial score (nSPS) is 11.6. The molecule has 1 aromatic carbocycles. The third-order valence-electron chi connectivity index (χ3n) is 3.89. The van der Waals surface area contributed by atoms with Crippen LogP contribution in [0.5, 0.6) is 5.88 Å². The molecule has 2 rings (SSSR count). The van der Waals surface area contributed by atoms with Crippen LogP contribution >= 0.6 is 0 Å². The minimum Gasteiger partial charge on any atom is -0.494 e. The fourth-order valence-electron chi connectivity index (χ4n) is 2.38. The van der Waals surface area contributed by atoms with E-state index in [2.05, 4.69) is 4.99 Å². The molecule has 7 heteroatoms. The summed E-state index contributed by atoms with van der Waals surface area (Å²) in [5.41, 5.74) is 1.06. The van der Waals surface area contributed by atoms with Gasteiger partial charge in [-0.3, -0.25) is 18.9 Å². The highest BCUT2D eigenvalue weighted by Gasteiger charge is 2.19. The van der Waals surface area contributed by atoms with Crippen molar-refractivity contribution in [2.24, 2.45) is 19.1 Å². The maximum atomic E-state index is 12.4. The average Bonchev–Trinajstić information content (AvgIpc) is 2.57. The van der Waals surface area contributed by atoms with Gasteiger partial charge in [0.1, 0.15) is 5.56 Å². The van der Waals surface area contributed by atoms with Crippen molar-refractivity contribution in [3.8, 4) is 5.88 Å². The number of aromatic nitrogens is 2. The van der Waals surface area contributed by atoms with Gasteiger partial charge in [-0.2, -0.15) is 0 Å². The summed E-state index contributed by atoms with van der Waals surface area (Å²) >= 11 is 0. The minimum atomic E-state index is -0.577. The fraction of sp³-hybridized carbons (Fsp3) is 0.353. The molecule has 0 atom stereocenters. The lowest BCUT2D eigenvalue weighted by atomic mass is 10.1. The van der Waals surface area contributed by atoms with E-state index in [1.54, 1.807) is 0 Å². The molecule has 7 nitrogen and oxygen atoms in total. The van der Waals surface area contributed by atoms with Gasteiger partial charge >= 0.3 is 5.69 Å². The van der Waals surface area contributed by atoms with E-state index in [1.165, 1.54) is 14.1 Å². The molecule has 1 heterocycles. The van der Waals surface area contributed by atoms with Crippen LogP contribution in [-0.2, 0) is 14.1 Å². The zero-order valence-corrected chi connectivity index (χ0v) is 14.6. The molecule has 0 unspecified atom stereocenters. The Kier molecular flexibility index (Phi) is 4.92. The Bertz CT molecular complexity index is 890. The lowest BCUT2D eigenvalue weighted by Gasteiger charge is -2.13. The van der Waals surface area contributed by atoms with E-state index in [4.69, 9.17) is 0 Å². The van der Waals surface area contributed by atoms with Crippen LogP contribution < -0.4 is 16.1 Å². The van der Waals surface area contributed by atoms with E-state index in [0.717, 1.165) is 14.8 Å². The Morgan fingerprint density at radius 3 is 2.21 bits per heavy atom. The van der Waals surface area contributed by atoms with Crippen molar-refractivity contribution in [1.29, 1.82) is 0 Å². The summed E-state index contributed by atoms with van der Waals surface area (Å²) in [6.07, 6.45) is 0.441. The number of aliphatic imine (C=N–C) groups is 1. The molecular formula is C17H22N4O3. The zero-order chi connectivity index (χ0) is 18.0. The third kappa shape index (κ3) is 3.10. The quantitative estimate of drug-likeness (QED) is 0.859. The summed E-state index contributed by atoms with van der Waals surface area (Å²) in [7, 11) is 6.69. The maximum absolute atomic E-state index is 12.4. The first kappa shape index (κ1) is 17.5. The van der Waals surface area contributed by atoms with Gasteiger partial charge in [-0.25, -0.2) is 4.79 Å². The Labute approximate surface area is 140 Å². The predicted octanol–water partition coefficient (Wildman–Crippen LogP) is 1.39. The minimum absolute atomic E-state index is 0.0544. The molecule has 0 radical (unpaired) electrons. The van der Waals surface area contributed by atoms with E-state index in [-0.39, 0.29) is 11.4 Å². The molecule has 0 spiro atoms. The second-order valence-corrected chi connectivity index (χ2v) is 5.73. The Balaban J connectivity index is 2.61. The monoisotopic (exact) mass is 330 g/mol. The first-order valence-corrected chi connectivity index (χ1v) is 7.62. The number of aromatic hydroxyl groups is 1. The van der Waals surface area contributed by atoms with Crippen LogP contribution in [0.15, 0.2) is 38.8 Å². The molecule has 0 aliphatic heterocycles. The van der Waals surface area contributed by atoms with Crippen molar-refractivity contribution < 1.29 is 5.11 Å². The van der Waals surface area contributed by atoms with Gasteiger partial charge in [-0.1, -0.05) is 6.92 Å². The highest BCUT2D eigenvalue weighted by atomic mass is 16.3. The van der Waals surface area contributed by atoms with E-state index >= 15 is 0 Å². The maximum Gasteiger partial charge on any atom is 0.333 e. The molecule has 2 aromatic rings. The van der Waals surface area contributed by atoms with Gasteiger partial charge in [0, 0.05) is 33.9 Å². The smallest absolute Gasteiger partial charge is 0.333 e. The van der Waals surface area contributed by atoms with Gasteiger partial charge in [0.2, 0.25) is 5.88 Å². The number of hydrogen-bond acceptors (Lipinski definition) is 5. The van der Waals surface area contributed by atoms with E-state index < -0.39 is 11.2 Å². The average molecular weight is 330 g/mol. The lowest BCUT2D eigenvalue weighted by molar-refractivity contribution is 0.410. The summed E-state index contributed by atoms with van der Waals surface area (Å²) < 4.78 is 2.01. The Morgan fingerprint density at radius 2 is 1.71 bits per heavy atom. The van der Waals surface area contributed by atoms with Crippen LogP contribution in [0, 0.1) is 0 Å². The van der Waals surface area contributed by atoms with Crippen molar-refractivity contribution in [2.75, 3.05) is 19.0 Å². The number of hydrogen-bond donors (Lipinski definition) is 1. The number of nitrogens with zero attached hydrogens (tertiary/aromatic N) is 4. The van der Waals surface area contributed by atoms with E-state index in [1.807, 2.05) is 50.2 Å². The molecule has 0 aliphatic rings. The molecule has 128 valence electrons. The third-order valence-corrected chi connectivity index (χ3v) is 3.89. The molecular weight excluding hydrogens is 308 g/mol. The van der Waals surface area contributed by atoms with Crippen molar-refractivity contribution in [2.45, 2.75) is 13.3 Å². The van der Waals surface area contributed by atoms with Crippen molar-refractivity contribution in [3.63, 3.8) is 0 Å². The Hall–Kier alpha value is -2.83. The van der Waals surface area contributed by atoms with Crippen LogP contribution in [0.2, 0.25) is 0 Å². The fourth-order valence-corrected chi connectivity index (χ4v) is 2.38. The van der Waals surface area contributed by atoms with Gasteiger partial charge in [-0.05, 0) is 30.7 Å². The van der Waals surface area contributed by atoms with E-state index in [9.17, 15) is 14.7 Å². The first-order chi connectivity index (χ1) is 11.3. The first-order valence-electron chi connectivity index (χ1n) is 7.62. The molecule has 0 amide bonds. The SMILES string of the molecule is CCC(=Nc1ccc(N(C)C)cc1)c1c(O)n(C)c(=O)n(C)c1=O. The van der Waals surface area contributed by atoms with Crippen molar-refractivity contribution in [3.05, 3.63) is 50.7 Å². The highest BCUT2D eigenvalue weighted by Crippen LogP contribution is 2.21. The predicted molar refractivity (Wildman–Crippen MR) is 95.8 cm³/mol.